The van der Waals surface area contributed by atoms with Crippen LogP contribution in [0, 0.1) is 21.7 Å². The quantitative estimate of drug-likeness (QED) is 0.243. The third-order valence-corrected chi connectivity index (χ3v) is 6.68. The van der Waals surface area contributed by atoms with Crippen LogP contribution in [0.1, 0.15) is 132 Å². The fraction of sp³-hybridized carbons (Fsp3) is 0.941. The summed E-state index contributed by atoms with van der Waals surface area (Å²) in [6.07, 6.45) is -0.0485. The Hall–Kier alpha value is -1.26. The van der Waals surface area contributed by atoms with E-state index in [4.69, 9.17) is 26.7 Å². The summed E-state index contributed by atoms with van der Waals surface area (Å²) in [7, 11) is 2.98. The summed E-state index contributed by atoms with van der Waals surface area (Å²) < 4.78 is 14.0. The molecule has 4 atom stereocenters. The van der Waals surface area contributed by atoms with Gasteiger partial charge in [0, 0.05) is 38.4 Å². The van der Waals surface area contributed by atoms with Gasteiger partial charge < -0.3 is 36.7 Å². The monoisotopic (exact) mass is 625 g/mol. The van der Waals surface area contributed by atoms with Crippen LogP contribution in [0.5, 0.6) is 0 Å². The molecule has 1 amide bonds. The largest absolute Gasteiger partial charge is 0.461 e. The number of nitrogens with one attached hydrogen (secondary N) is 1. The average molecular weight is 625 g/mol. The fourth-order valence-electron chi connectivity index (χ4n) is 1.05. The number of methoxy groups -OCH3 is 2. The molecule has 0 aromatic carbocycles. The lowest BCUT2D eigenvalue weighted by molar-refractivity contribution is -0.151. The normalized spacial score (nSPS) is 14.1. The van der Waals surface area contributed by atoms with Crippen LogP contribution in [0.3, 0.4) is 0 Å². The van der Waals surface area contributed by atoms with Gasteiger partial charge >= 0.3 is 5.97 Å². The SMILES string of the molecule is C.CC(N)C(C)(C)C.CC(N)C(C)(C)C.COCC(=O)NC(C)C(C)(C)C.COCC(=O)OC(C)C.C[C@H](N)C(C)(C)C. The van der Waals surface area contributed by atoms with E-state index in [1.165, 1.54) is 14.2 Å². The standard InChI is InChI=1S/C9H19NO2.3C6H15N.C6H12O3.CH4/c1-7(9(2,3)4)10-8(11)6-12-5;3*1-5(7)6(2,3)4;1-5(2)9-6(7)4-8-3;/h7H,6H2,1-5H3,(H,10,11);3*5H,7H2,1-4H3;5H,4H2,1-3H3;1H4/t;5-;;;;/m.0..../s1. The molecule has 9 nitrogen and oxygen atoms in total. The number of esters is 1. The summed E-state index contributed by atoms with van der Waals surface area (Å²) in [5.74, 6) is -0.368. The summed E-state index contributed by atoms with van der Waals surface area (Å²) >= 11 is 0. The predicted molar refractivity (Wildman–Crippen MR) is 188 cm³/mol. The van der Waals surface area contributed by atoms with Crippen molar-refractivity contribution in [2.75, 3.05) is 27.4 Å². The third-order valence-electron chi connectivity index (χ3n) is 6.68. The van der Waals surface area contributed by atoms with Gasteiger partial charge in [-0.15, -0.1) is 0 Å². The molecule has 0 rings (SSSR count). The van der Waals surface area contributed by atoms with E-state index >= 15 is 0 Å². The first-order valence-corrected chi connectivity index (χ1v) is 15.1. The Morgan fingerprint density at radius 3 is 1.00 bits per heavy atom. The highest BCUT2D eigenvalue weighted by Crippen LogP contribution is 2.18. The van der Waals surface area contributed by atoms with E-state index in [1.807, 2.05) is 27.7 Å². The second-order valence-electron chi connectivity index (χ2n) is 15.5. The van der Waals surface area contributed by atoms with E-state index in [0.717, 1.165) is 0 Å². The van der Waals surface area contributed by atoms with Gasteiger partial charge in [-0.2, -0.15) is 0 Å². The molecule has 0 spiro atoms. The maximum absolute atomic E-state index is 11.1. The summed E-state index contributed by atoms with van der Waals surface area (Å²) in [6.45, 7) is 37.3. The first kappa shape index (κ1) is 54.2. The first-order valence-electron chi connectivity index (χ1n) is 15.1. The minimum atomic E-state index is -0.312. The van der Waals surface area contributed by atoms with Gasteiger partial charge in [-0.3, -0.25) is 4.79 Å². The van der Waals surface area contributed by atoms with Crippen LogP contribution in [0.4, 0.5) is 0 Å². The van der Waals surface area contributed by atoms with Gasteiger partial charge in [0.2, 0.25) is 5.91 Å². The second-order valence-corrected chi connectivity index (χ2v) is 15.5. The molecule has 0 saturated carbocycles. The van der Waals surface area contributed by atoms with E-state index in [0.29, 0.717) is 18.1 Å². The minimum Gasteiger partial charge on any atom is -0.461 e. The Labute approximate surface area is 269 Å². The van der Waals surface area contributed by atoms with Gasteiger partial charge in [-0.05, 0) is 63.2 Å². The van der Waals surface area contributed by atoms with Crippen molar-refractivity contribution in [3.8, 4) is 0 Å². The van der Waals surface area contributed by atoms with E-state index in [9.17, 15) is 9.59 Å². The smallest absolute Gasteiger partial charge is 0.332 e. The highest BCUT2D eigenvalue weighted by Gasteiger charge is 2.21. The number of carbonyl (C=O) groups is 2. The van der Waals surface area contributed by atoms with Gasteiger partial charge in [0.05, 0.1) is 6.10 Å². The molecule has 0 aromatic rings. The number of nitrogens with two attached hydrogens (primary N) is 3. The van der Waals surface area contributed by atoms with Crippen molar-refractivity contribution < 1.29 is 23.8 Å². The lowest BCUT2D eigenvalue weighted by Crippen LogP contribution is -2.42. The number of hydrogen-bond donors (Lipinski definition) is 4. The maximum atomic E-state index is 11.1. The van der Waals surface area contributed by atoms with Crippen molar-refractivity contribution in [2.24, 2.45) is 38.9 Å². The number of amides is 1. The summed E-state index contributed by atoms with van der Waals surface area (Å²) in [4.78, 5) is 21.6. The fourth-order valence-corrected chi connectivity index (χ4v) is 1.05. The summed E-state index contributed by atoms with van der Waals surface area (Å²) in [6, 6.07) is 1.06. The molecule has 0 saturated heterocycles. The summed E-state index contributed by atoms with van der Waals surface area (Å²) in [5.41, 5.74) is 17.6. The molecule has 0 aliphatic rings. The highest BCUT2D eigenvalue weighted by molar-refractivity contribution is 5.77. The van der Waals surface area contributed by atoms with Crippen LogP contribution >= 0.6 is 0 Å². The van der Waals surface area contributed by atoms with Crippen LogP contribution in [0.15, 0.2) is 0 Å². The predicted octanol–water partition coefficient (Wildman–Crippen LogP) is 6.54. The molecule has 43 heavy (non-hydrogen) atoms. The number of rotatable bonds is 6. The van der Waals surface area contributed by atoms with Crippen LogP contribution in [0.25, 0.3) is 0 Å². The third kappa shape index (κ3) is 45.3. The van der Waals surface area contributed by atoms with Gasteiger partial charge in [0.15, 0.2) is 0 Å². The van der Waals surface area contributed by atoms with Crippen LogP contribution < -0.4 is 22.5 Å². The van der Waals surface area contributed by atoms with Gasteiger partial charge in [-0.25, -0.2) is 4.79 Å². The lowest BCUT2D eigenvalue weighted by atomic mass is 9.88. The molecule has 266 valence electrons. The van der Waals surface area contributed by atoms with Gasteiger partial charge in [0.1, 0.15) is 13.2 Å². The molecule has 9 heteroatoms. The number of carbonyl (C=O) groups excluding carboxylic acids is 2. The molecule has 0 fully saturated rings. The maximum Gasteiger partial charge on any atom is 0.332 e. The highest BCUT2D eigenvalue weighted by atomic mass is 16.6. The van der Waals surface area contributed by atoms with E-state index in [-0.39, 0.29) is 66.3 Å². The number of hydrogen-bond acceptors (Lipinski definition) is 8. The van der Waals surface area contributed by atoms with Gasteiger partial charge in [-0.1, -0.05) is 90.5 Å². The molecule has 3 unspecified atom stereocenters. The van der Waals surface area contributed by atoms with Crippen LogP contribution in [-0.4, -0.2) is 69.6 Å². The van der Waals surface area contributed by atoms with E-state index in [1.54, 1.807) is 13.8 Å². The molecule has 0 radical (unpaired) electrons. The number of ether oxygens (including phenoxy) is 3. The van der Waals surface area contributed by atoms with Crippen molar-refractivity contribution in [1.29, 1.82) is 0 Å². The summed E-state index contributed by atoms with van der Waals surface area (Å²) in [5, 5.41) is 2.86. The Morgan fingerprint density at radius 2 is 0.837 bits per heavy atom. The molecule has 0 aliphatic carbocycles. The zero-order valence-electron chi connectivity index (χ0n) is 31.6. The molecule has 0 aliphatic heterocycles. The van der Waals surface area contributed by atoms with Gasteiger partial charge in [0.25, 0.3) is 0 Å². The van der Waals surface area contributed by atoms with E-state index in [2.05, 4.69) is 93.1 Å². The zero-order valence-corrected chi connectivity index (χ0v) is 31.6. The Morgan fingerprint density at radius 1 is 0.581 bits per heavy atom. The molecular weight excluding hydrogens is 544 g/mol. The Kier molecular flexibility index (Phi) is 32.8. The average Bonchev–Trinajstić information content (AvgIpc) is 2.72. The van der Waals surface area contributed by atoms with Crippen molar-refractivity contribution >= 4 is 11.9 Å². The zero-order chi connectivity index (χ0) is 35.3. The molecule has 0 heterocycles. The first-order chi connectivity index (χ1) is 18.4. The van der Waals surface area contributed by atoms with Crippen molar-refractivity contribution in [3.05, 3.63) is 0 Å². The van der Waals surface area contributed by atoms with Crippen molar-refractivity contribution in [3.63, 3.8) is 0 Å². The second kappa shape index (κ2) is 26.0. The van der Waals surface area contributed by atoms with E-state index < -0.39 is 0 Å². The Balaban J connectivity index is -0.000000101. The molecule has 0 bridgehead atoms. The topological polar surface area (TPSA) is 152 Å². The van der Waals surface area contributed by atoms with Crippen LogP contribution in [0.2, 0.25) is 0 Å². The van der Waals surface area contributed by atoms with Crippen LogP contribution in [-0.2, 0) is 23.8 Å². The molecular formula is C34H80N4O5. The molecule has 0 aromatic heterocycles. The minimum absolute atomic E-state index is 0. The van der Waals surface area contributed by atoms with Crippen molar-refractivity contribution in [2.45, 2.75) is 162 Å². The Bertz CT molecular complexity index is 609. The molecule has 7 N–H and O–H groups in total. The van der Waals surface area contributed by atoms with Crippen molar-refractivity contribution in [1.82, 2.24) is 5.32 Å². The lowest BCUT2D eigenvalue weighted by Gasteiger charge is -2.27.